The Morgan fingerprint density at radius 1 is 1.19 bits per heavy atom. The van der Waals surface area contributed by atoms with Gasteiger partial charge >= 0.3 is 0 Å². The van der Waals surface area contributed by atoms with Crippen molar-refractivity contribution in [3.63, 3.8) is 0 Å². The number of pyridine rings is 1. The molecule has 1 aliphatic rings. The fourth-order valence-corrected chi connectivity index (χ4v) is 4.75. The first-order valence-electron chi connectivity index (χ1n) is 10.4. The fourth-order valence-electron chi connectivity index (χ4n) is 3.91. The first-order chi connectivity index (χ1) is 15.5. The summed E-state index contributed by atoms with van der Waals surface area (Å²) in [6.07, 6.45) is 3.13. The molecule has 1 unspecified atom stereocenters. The van der Waals surface area contributed by atoms with Gasteiger partial charge in [-0.05, 0) is 75.6 Å². The van der Waals surface area contributed by atoms with Crippen LogP contribution in [0.3, 0.4) is 0 Å². The molecule has 0 spiro atoms. The zero-order valence-electron chi connectivity index (χ0n) is 18.2. The molecule has 1 saturated heterocycles. The Bertz CT molecular complexity index is 1320. The lowest BCUT2D eigenvalue weighted by Crippen LogP contribution is -2.31. The van der Waals surface area contributed by atoms with Crippen molar-refractivity contribution in [2.45, 2.75) is 29.4 Å². The van der Waals surface area contributed by atoms with Gasteiger partial charge in [0.05, 0.1) is 17.4 Å². The number of likely N-dealkylation sites (N-methyl/N-ethyl adjacent to an activating group) is 1. The number of nitrogens with zero attached hydrogens (tertiary/aromatic N) is 8. The molecular weight excluding hydrogens is 424 g/mol. The monoisotopic (exact) mass is 448 g/mol. The molecule has 3 aromatic heterocycles. The molecule has 0 bridgehead atoms. The van der Waals surface area contributed by atoms with Crippen LogP contribution in [-0.4, -0.2) is 73.8 Å². The van der Waals surface area contributed by atoms with Crippen LogP contribution in [-0.2, 0) is 0 Å². The lowest BCUT2D eigenvalue weighted by Gasteiger charge is -2.21. The van der Waals surface area contributed by atoms with Crippen LogP contribution in [0.2, 0.25) is 0 Å². The van der Waals surface area contributed by atoms with Crippen LogP contribution in [0.4, 0.5) is 5.69 Å². The van der Waals surface area contributed by atoms with E-state index in [1.165, 1.54) is 11.8 Å². The second-order valence-electron chi connectivity index (χ2n) is 8.16. The summed E-state index contributed by atoms with van der Waals surface area (Å²) >= 11 is 1.49. The van der Waals surface area contributed by atoms with Gasteiger partial charge in [0.25, 0.3) is 0 Å². The van der Waals surface area contributed by atoms with Crippen LogP contribution >= 0.6 is 11.8 Å². The Hall–Kier alpha value is -3.24. The number of hydrogen-bond acceptors (Lipinski definition) is 9. The third-order valence-corrected chi connectivity index (χ3v) is 6.79. The van der Waals surface area contributed by atoms with Gasteiger partial charge in [0.2, 0.25) is 5.16 Å². The molecule has 0 amide bonds. The molecule has 1 N–H and O–H groups in total. The topological polar surface area (TPSA) is 95.0 Å². The minimum Gasteiger partial charge on any atom is -0.411 e. The maximum Gasteiger partial charge on any atom is 0.217 e. The Kier molecular flexibility index (Phi) is 5.40. The van der Waals surface area contributed by atoms with E-state index in [-0.39, 0.29) is 0 Å². The Labute approximate surface area is 189 Å². The number of hydrogen-bond donors (Lipinski definition) is 1. The zero-order valence-corrected chi connectivity index (χ0v) is 19.0. The van der Waals surface area contributed by atoms with E-state index in [9.17, 15) is 0 Å². The Morgan fingerprint density at radius 3 is 2.84 bits per heavy atom. The smallest absolute Gasteiger partial charge is 0.217 e. The highest BCUT2D eigenvalue weighted by Crippen LogP contribution is 2.31. The van der Waals surface area contributed by atoms with Crippen molar-refractivity contribution < 1.29 is 5.21 Å². The second kappa shape index (κ2) is 8.36. The minimum absolute atomic E-state index is 0.430. The molecule has 32 heavy (non-hydrogen) atoms. The first-order valence-corrected chi connectivity index (χ1v) is 11.2. The van der Waals surface area contributed by atoms with Crippen molar-refractivity contribution in [3.05, 3.63) is 48.3 Å². The number of oxime groups is 1. The summed E-state index contributed by atoms with van der Waals surface area (Å²) in [7, 11) is 4.28. The van der Waals surface area contributed by atoms with Crippen molar-refractivity contribution in [3.8, 4) is 0 Å². The summed E-state index contributed by atoms with van der Waals surface area (Å²) in [5, 5.41) is 27.0. The van der Waals surface area contributed by atoms with Crippen LogP contribution < -0.4 is 4.90 Å². The van der Waals surface area contributed by atoms with Gasteiger partial charge in [-0.15, -0.1) is 10.2 Å². The average Bonchev–Trinajstić information content (AvgIpc) is 3.46. The van der Waals surface area contributed by atoms with Gasteiger partial charge in [-0.1, -0.05) is 5.16 Å². The maximum atomic E-state index is 9.05. The summed E-state index contributed by atoms with van der Waals surface area (Å²) < 4.78 is 1.67. The minimum atomic E-state index is 0.430. The number of benzene rings is 1. The van der Waals surface area contributed by atoms with Crippen LogP contribution in [0.1, 0.15) is 19.0 Å². The Balaban J connectivity index is 1.44. The first kappa shape index (κ1) is 20.7. The van der Waals surface area contributed by atoms with E-state index in [0.717, 1.165) is 41.0 Å². The third kappa shape index (κ3) is 3.87. The van der Waals surface area contributed by atoms with E-state index in [2.05, 4.69) is 61.5 Å². The van der Waals surface area contributed by atoms with Crippen LogP contribution in [0.25, 0.3) is 16.6 Å². The lowest BCUT2D eigenvalue weighted by atomic mass is 10.2. The molecule has 1 aliphatic heterocycles. The van der Waals surface area contributed by atoms with Gasteiger partial charge in [-0.3, -0.25) is 4.98 Å². The summed E-state index contributed by atoms with van der Waals surface area (Å²) in [5.41, 5.74) is 3.75. The molecule has 0 radical (unpaired) electrons. The normalized spacial score (nSPS) is 17.2. The van der Waals surface area contributed by atoms with E-state index < -0.39 is 0 Å². The molecular formula is C22H24N8OS. The quantitative estimate of drug-likeness (QED) is 0.283. The predicted octanol–water partition coefficient (Wildman–Crippen LogP) is 3.16. The molecule has 10 heteroatoms. The van der Waals surface area contributed by atoms with Crippen molar-refractivity contribution in [1.82, 2.24) is 29.7 Å². The molecule has 0 aliphatic carbocycles. The highest BCUT2D eigenvalue weighted by molar-refractivity contribution is 7.99. The molecule has 1 atom stereocenters. The molecule has 1 aromatic carbocycles. The molecule has 1 fully saturated rings. The molecule has 9 nitrogen and oxygen atoms in total. The largest absolute Gasteiger partial charge is 0.411 e. The molecule has 164 valence electrons. The lowest BCUT2D eigenvalue weighted by molar-refractivity contribution is 0.315. The Morgan fingerprint density at radius 2 is 2.06 bits per heavy atom. The van der Waals surface area contributed by atoms with Gasteiger partial charge in [0.15, 0.2) is 5.65 Å². The number of aromatic nitrogens is 5. The number of rotatable bonds is 5. The van der Waals surface area contributed by atoms with Crippen LogP contribution in [0, 0.1) is 0 Å². The highest BCUT2D eigenvalue weighted by atomic mass is 32.2. The summed E-state index contributed by atoms with van der Waals surface area (Å²) in [5.74, 6) is 0. The van der Waals surface area contributed by atoms with Gasteiger partial charge in [0.1, 0.15) is 11.4 Å². The van der Waals surface area contributed by atoms with Gasteiger partial charge in [0, 0.05) is 29.4 Å². The molecule has 4 aromatic rings. The standard InChI is InChI=1S/C22H24N8OS/c1-14(27-31)19-6-7-21-24-25-22(30(21)26-19)32-18-4-5-20-15(11-18)10-17(12-23-20)29-9-8-16(13-29)28(2)3/h4-7,10-12,16,31H,8-9,13H2,1-3H3. The van der Waals surface area contributed by atoms with Crippen molar-refractivity contribution >= 4 is 39.7 Å². The van der Waals surface area contributed by atoms with Gasteiger partial charge in [-0.2, -0.15) is 9.61 Å². The molecule has 5 rings (SSSR count). The molecule has 4 heterocycles. The molecule has 0 saturated carbocycles. The van der Waals surface area contributed by atoms with Crippen molar-refractivity contribution in [2.75, 3.05) is 32.1 Å². The van der Waals surface area contributed by atoms with E-state index in [4.69, 9.17) is 5.21 Å². The average molecular weight is 449 g/mol. The summed E-state index contributed by atoms with van der Waals surface area (Å²) in [6.45, 7) is 3.76. The van der Waals surface area contributed by atoms with Gasteiger partial charge < -0.3 is 15.0 Å². The second-order valence-corrected chi connectivity index (χ2v) is 9.20. The number of anilines is 1. The van der Waals surface area contributed by atoms with E-state index in [0.29, 0.717) is 28.3 Å². The van der Waals surface area contributed by atoms with E-state index in [1.807, 2.05) is 24.4 Å². The highest BCUT2D eigenvalue weighted by Gasteiger charge is 2.24. The van der Waals surface area contributed by atoms with Crippen LogP contribution in [0.5, 0.6) is 0 Å². The number of fused-ring (bicyclic) bond motifs is 2. The van der Waals surface area contributed by atoms with Crippen molar-refractivity contribution in [1.29, 1.82) is 0 Å². The summed E-state index contributed by atoms with van der Waals surface area (Å²) in [6, 6.07) is 12.5. The SMILES string of the molecule is CC(=NO)c1ccc2nnc(Sc3ccc4ncc(N5CCC(N(C)C)C5)cc4c3)n2n1. The van der Waals surface area contributed by atoms with E-state index in [1.54, 1.807) is 17.5 Å². The summed E-state index contributed by atoms with van der Waals surface area (Å²) in [4.78, 5) is 10.4. The predicted molar refractivity (Wildman–Crippen MR) is 125 cm³/mol. The fraction of sp³-hybridized carbons (Fsp3) is 0.318. The van der Waals surface area contributed by atoms with Crippen molar-refractivity contribution in [2.24, 2.45) is 5.16 Å². The zero-order chi connectivity index (χ0) is 22.2. The van der Waals surface area contributed by atoms with E-state index >= 15 is 0 Å². The maximum absolute atomic E-state index is 9.05. The third-order valence-electron chi connectivity index (χ3n) is 5.86. The van der Waals surface area contributed by atoms with Gasteiger partial charge in [-0.25, -0.2) is 0 Å². The van der Waals surface area contributed by atoms with Crippen LogP contribution in [0.15, 0.2) is 57.8 Å².